The number of rotatable bonds is 9. The van der Waals surface area contributed by atoms with Crippen molar-refractivity contribution in [3.05, 3.63) is 53.6 Å². The number of sulfonamides is 1. The maximum absolute atomic E-state index is 12.4. The molecule has 2 aromatic carbocycles. The number of carbonyl (C=O) groups excluding carboxylic acids is 1. The predicted octanol–water partition coefficient (Wildman–Crippen LogP) is 2.44. The molecular formula is C19H24N2O5S. The van der Waals surface area contributed by atoms with Crippen molar-refractivity contribution in [3.63, 3.8) is 0 Å². The smallest absolute Gasteiger partial charge is 0.253 e. The van der Waals surface area contributed by atoms with Crippen molar-refractivity contribution in [2.24, 2.45) is 0 Å². The number of amides is 1. The van der Waals surface area contributed by atoms with Crippen molar-refractivity contribution in [2.45, 2.75) is 12.8 Å². The van der Waals surface area contributed by atoms with Crippen molar-refractivity contribution in [3.8, 4) is 11.5 Å². The van der Waals surface area contributed by atoms with Gasteiger partial charge in [-0.3, -0.25) is 9.52 Å². The largest absolute Gasteiger partial charge is 0.493 e. The summed E-state index contributed by atoms with van der Waals surface area (Å²) in [4.78, 5) is 12.4. The van der Waals surface area contributed by atoms with Crippen LogP contribution in [0.2, 0.25) is 0 Å². The van der Waals surface area contributed by atoms with Crippen molar-refractivity contribution >= 4 is 21.6 Å². The summed E-state index contributed by atoms with van der Waals surface area (Å²) in [7, 11) is -0.285. The summed E-state index contributed by atoms with van der Waals surface area (Å²) >= 11 is 0. The molecule has 0 spiro atoms. The number of anilines is 1. The second kappa shape index (κ2) is 9.27. The summed E-state index contributed by atoms with van der Waals surface area (Å²) in [6, 6.07) is 12.2. The molecular weight excluding hydrogens is 368 g/mol. The normalized spacial score (nSPS) is 10.9. The van der Waals surface area contributed by atoms with Crippen LogP contribution in [0.15, 0.2) is 42.5 Å². The number of ether oxygens (including phenoxy) is 2. The zero-order chi connectivity index (χ0) is 19.9. The molecule has 0 atom stereocenters. The van der Waals surface area contributed by atoms with Crippen LogP contribution >= 0.6 is 0 Å². The Kier molecular flexibility index (Phi) is 7.06. The van der Waals surface area contributed by atoms with E-state index in [0.717, 1.165) is 24.7 Å². The lowest BCUT2D eigenvalue weighted by molar-refractivity contribution is 0.0954. The van der Waals surface area contributed by atoms with E-state index in [1.165, 1.54) is 0 Å². The Bertz CT molecular complexity index is 897. The highest BCUT2D eigenvalue weighted by Crippen LogP contribution is 2.27. The highest BCUT2D eigenvalue weighted by molar-refractivity contribution is 7.92. The van der Waals surface area contributed by atoms with E-state index in [1.807, 2.05) is 18.2 Å². The number of nitrogens with one attached hydrogen (secondary N) is 2. The lowest BCUT2D eigenvalue weighted by Crippen LogP contribution is -2.26. The van der Waals surface area contributed by atoms with Gasteiger partial charge in [0.1, 0.15) is 0 Å². The fraction of sp³-hybridized carbons (Fsp3) is 0.316. The molecule has 0 unspecified atom stereocenters. The molecule has 0 fully saturated rings. The Morgan fingerprint density at radius 1 is 1.04 bits per heavy atom. The minimum absolute atomic E-state index is 0.261. The highest BCUT2D eigenvalue weighted by atomic mass is 32.2. The molecule has 0 aliphatic rings. The summed E-state index contributed by atoms with van der Waals surface area (Å²) < 4.78 is 35.7. The lowest BCUT2D eigenvalue weighted by atomic mass is 10.1. The summed E-state index contributed by atoms with van der Waals surface area (Å²) in [6.07, 6.45) is 2.53. The van der Waals surface area contributed by atoms with Crippen molar-refractivity contribution in [1.29, 1.82) is 0 Å². The van der Waals surface area contributed by atoms with Gasteiger partial charge in [0.15, 0.2) is 11.5 Å². The molecule has 27 heavy (non-hydrogen) atoms. The Morgan fingerprint density at radius 2 is 1.74 bits per heavy atom. The standard InChI is InChI=1S/C19H24N2O5S/c1-25-17-11-10-14(13-18(17)26-2)7-6-12-20-19(22)15-8-4-5-9-16(15)21-27(3,23)24/h4-5,8-11,13,21H,6-7,12H2,1-3H3,(H,20,22). The van der Waals surface area contributed by atoms with Gasteiger partial charge < -0.3 is 14.8 Å². The first-order chi connectivity index (χ1) is 12.8. The molecule has 0 saturated heterocycles. The first-order valence-corrected chi connectivity index (χ1v) is 10.3. The van der Waals surface area contributed by atoms with Crippen molar-refractivity contribution < 1.29 is 22.7 Å². The number of hydrogen-bond donors (Lipinski definition) is 2. The molecule has 0 heterocycles. The van der Waals surface area contributed by atoms with Gasteiger partial charge in [0.2, 0.25) is 10.0 Å². The van der Waals surface area contributed by atoms with E-state index in [-0.39, 0.29) is 17.2 Å². The number of aryl methyl sites for hydroxylation is 1. The first kappa shape index (κ1) is 20.6. The number of methoxy groups -OCH3 is 2. The van der Waals surface area contributed by atoms with Crippen LogP contribution < -0.4 is 19.5 Å². The fourth-order valence-electron chi connectivity index (χ4n) is 2.60. The van der Waals surface area contributed by atoms with Gasteiger partial charge in [-0.15, -0.1) is 0 Å². The van der Waals surface area contributed by atoms with Crippen molar-refractivity contribution in [1.82, 2.24) is 5.32 Å². The molecule has 146 valence electrons. The molecule has 0 saturated carbocycles. The van der Waals surface area contributed by atoms with Gasteiger partial charge in [0.05, 0.1) is 31.7 Å². The maximum Gasteiger partial charge on any atom is 0.253 e. The lowest BCUT2D eigenvalue weighted by Gasteiger charge is -2.12. The van der Waals surface area contributed by atoms with E-state index in [4.69, 9.17) is 9.47 Å². The number of hydrogen-bond acceptors (Lipinski definition) is 5. The van der Waals surface area contributed by atoms with E-state index in [1.54, 1.807) is 38.5 Å². The Morgan fingerprint density at radius 3 is 2.41 bits per heavy atom. The van der Waals surface area contributed by atoms with Gasteiger partial charge in [-0.25, -0.2) is 8.42 Å². The van der Waals surface area contributed by atoms with E-state index >= 15 is 0 Å². The molecule has 0 bridgehead atoms. The topological polar surface area (TPSA) is 93.7 Å². The van der Waals surface area contributed by atoms with Crippen LogP contribution in [0.1, 0.15) is 22.3 Å². The van der Waals surface area contributed by atoms with Gasteiger partial charge in [-0.2, -0.15) is 0 Å². The van der Waals surface area contributed by atoms with Crippen LogP contribution in [-0.2, 0) is 16.4 Å². The Hall–Kier alpha value is -2.74. The molecule has 2 rings (SSSR count). The molecule has 2 N–H and O–H groups in total. The maximum atomic E-state index is 12.4. The minimum Gasteiger partial charge on any atom is -0.493 e. The van der Waals surface area contributed by atoms with Crippen molar-refractivity contribution in [2.75, 3.05) is 31.7 Å². The summed E-state index contributed by atoms with van der Waals surface area (Å²) in [6.45, 7) is 0.459. The predicted molar refractivity (Wildman–Crippen MR) is 105 cm³/mol. The minimum atomic E-state index is -3.46. The third kappa shape index (κ3) is 6.18. The Balaban J connectivity index is 1.92. The zero-order valence-corrected chi connectivity index (χ0v) is 16.4. The molecule has 0 radical (unpaired) electrons. The zero-order valence-electron chi connectivity index (χ0n) is 15.6. The third-order valence-electron chi connectivity index (χ3n) is 3.84. The average molecular weight is 392 g/mol. The summed E-state index contributed by atoms with van der Waals surface area (Å²) in [5.74, 6) is 1.01. The second-order valence-electron chi connectivity index (χ2n) is 5.97. The van der Waals surface area contributed by atoms with Crippen LogP contribution in [0.5, 0.6) is 11.5 Å². The molecule has 0 aliphatic carbocycles. The average Bonchev–Trinajstić information content (AvgIpc) is 2.64. The Labute approximate surface area is 159 Å². The van der Waals surface area contributed by atoms with E-state index in [9.17, 15) is 13.2 Å². The number of carbonyl (C=O) groups is 1. The van der Waals surface area contributed by atoms with E-state index in [2.05, 4.69) is 10.0 Å². The number of para-hydroxylation sites is 1. The van der Waals surface area contributed by atoms with Gasteiger partial charge >= 0.3 is 0 Å². The highest BCUT2D eigenvalue weighted by Gasteiger charge is 2.13. The van der Waals surface area contributed by atoms with Gasteiger partial charge in [0.25, 0.3) is 5.91 Å². The molecule has 2 aromatic rings. The second-order valence-corrected chi connectivity index (χ2v) is 7.72. The SMILES string of the molecule is COc1ccc(CCCNC(=O)c2ccccc2NS(C)(=O)=O)cc1OC. The van der Waals surface area contributed by atoms with E-state index in [0.29, 0.717) is 18.0 Å². The van der Waals surface area contributed by atoms with Crippen LogP contribution in [0.4, 0.5) is 5.69 Å². The first-order valence-electron chi connectivity index (χ1n) is 8.40. The van der Waals surface area contributed by atoms with Crippen LogP contribution in [0.25, 0.3) is 0 Å². The molecule has 0 aliphatic heterocycles. The quantitative estimate of drug-likeness (QED) is 0.639. The molecule has 1 amide bonds. The monoisotopic (exact) mass is 392 g/mol. The molecule has 8 heteroatoms. The molecule has 7 nitrogen and oxygen atoms in total. The summed E-state index contributed by atoms with van der Waals surface area (Å²) in [5, 5.41) is 2.82. The van der Waals surface area contributed by atoms with Crippen LogP contribution in [0.3, 0.4) is 0 Å². The van der Waals surface area contributed by atoms with Crippen LogP contribution in [-0.4, -0.2) is 41.3 Å². The fourth-order valence-corrected chi connectivity index (χ4v) is 3.17. The van der Waals surface area contributed by atoms with Gasteiger partial charge in [0, 0.05) is 6.54 Å². The summed E-state index contributed by atoms with van der Waals surface area (Å²) in [5.41, 5.74) is 1.62. The van der Waals surface area contributed by atoms with Crippen LogP contribution in [0, 0.1) is 0 Å². The van der Waals surface area contributed by atoms with Gasteiger partial charge in [-0.05, 0) is 42.7 Å². The third-order valence-corrected chi connectivity index (χ3v) is 4.43. The number of benzene rings is 2. The van der Waals surface area contributed by atoms with Gasteiger partial charge in [-0.1, -0.05) is 18.2 Å². The molecule has 0 aromatic heterocycles. The van der Waals surface area contributed by atoms with E-state index < -0.39 is 10.0 Å².